The Morgan fingerprint density at radius 1 is 1.04 bits per heavy atom. The first-order chi connectivity index (χ1) is 10.9. The van der Waals surface area contributed by atoms with E-state index < -0.39 is 10.0 Å². The first kappa shape index (κ1) is 18.1. The van der Waals surface area contributed by atoms with E-state index in [2.05, 4.69) is 46.1 Å². The van der Waals surface area contributed by atoms with Gasteiger partial charge in [0.1, 0.15) is 0 Å². The van der Waals surface area contributed by atoms with Crippen LogP contribution in [-0.2, 0) is 10.0 Å². The lowest BCUT2D eigenvalue weighted by atomic mass is 10.1. The first-order valence-electron chi connectivity index (χ1n) is 7.51. The Labute approximate surface area is 152 Å². The van der Waals surface area contributed by atoms with Crippen molar-refractivity contribution in [2.75, 3.05) is 22.7 Å². The number of hydrogen-bond donors (Lipinski definition) is 1. The number of rotatable bonds is 6. The largest absolute Gasteiger partial charge is 0.372 e. The second-order valence-electron chi connectivity index (χ2n) is 5.23. The van der Waals surface area contributed by atoms with E-state index in [1.165, 1.54) is 0 Å². The first-order valence-corrected chi connectivity index (χ1v) is 10.1. The van der Waals surface area contributed by atoms with Crippen LogP contribution in [0.15, 0.2) is 47.4 Å². The maximum absolute atomic E-state index is 12.5. The number of nitrogens with zero attached hydrogens (tertiary/aromatic N) is 1. The molecule has 0 unspecified atom stereocenters. The summed E-state index contributed by atoms with van der Waals surface area (Å²) in [6.45, 7) is 7.96. The van der Waals surface area contributed by atoms with Crippen LogP contribution in [0, 0.1) is 10.5 Å². The zero-order valence-electron chi connectivity index (χ0n) is 13.5. The molecule has 4 nitrogen and oxygen atoms in total. The molecule has 2 aromatic carbocycles. The molecule has 0 atom stereocenters. The van der Waals surface area contributed by atoms with Crippen molar-refractivity contribution in [1.82, 2.24) is 0 Å². The highest BCUT2D eigenvalue weighted by Gasteiger charge is 2.15. The second-order valence-corrected chi connectivity index (χ2v) is 8.16. The van der Waals surface area contributed by atoms with Gasteiger partial charge in [-0.15, -0.1) is 0 Å². The fourth-order valence-electron chi connectivity index (χ4n) is 2.37. The van der Waals surface area contributed by atoms with Crippen LogP contribution in [0.2, 0.25) is 0 Å². The van der Waals surface area contributed by atoms with Crippen molar-refractivity contribution in [1.29, 1.82) is 0 Å². The van der Waals surface area contributed by atoms with Crippen LogP contribution in [0.4, 0.5) is 11.4 Å². The van der Waals surface area contributed by atoms with Gasteiger partial charge in [-0.25, -0.2) is 8.42 Å². The SMILES string of the molecule is CCN(CC)c1ccc(NS(=O)(=O)c2ccc(I)cc2)c(C)c1. The molecule has 0 fully saturated rings. The molecule has 0 bridgehead atoms. The standard InChI is InChI=1S/C17H21IN2O2S/c1-4-20(5-2)15-8-11-17(13(3)12-15)19-23(21,22)16-9-6-14(18)7-10-16/h6-12,19H,4-5H2,1-3H3. The third-order valence-electron chi connectivity index (χ3n) is 3.71. The van der Waals surface area contributed by atoms with Crippen LogP contribution in [0.3, 0.4) is 0 Å². The second kappa shape index (κ2) is 7.53. The highest BCUT2D eigenvalue weighted by atomic mass is 127. The van der Waals surface area contributed by atoms with Crippen molar-refractivity contribution in [3.05, 3.63) is 51.6 Å². The van der Waals surface area contributed by atoms with Gasteiger partial charge < -0.3 is 4.90 Å². The lowest BCUT2D eigenvalue weighted by Crippen LogP contribution is -2.22. The molecule has 0 heterocycles. The molecule has 0 saturated carbocycles. The van der Waals surface area contributed by atoms with Crippen LogP contribution >= 0.6 is 22.6 Å². The minimum Gasteiger partial charge on any atom is -0.372 e. The van der Waals surface area contributed by atoms with Crippen molar-refractivity contribution < 1.29 is 8.42 Å². The fourth-order valence-corrected chi connectivity index (χ4v) is 3.86. The zero-order valence-corrected chi connectivity index (χ0v) is 16.5. The van der Waals surface area contributed by atoms with E-state index >= 15 is 0 Å². The predicted octanol–water partition coefficient (Wildman–Crippen LogP) is 4.25. The van der Waals surface area contributed by atoms with E-state index in [-0.39, 0.29) is 4.90 Å². The number of nitrogens with one attached hydrogen (secondary N) is 1. The fraction of sp³-hybridized carbons (Fsp3) is 0.294. The predicted molar refractivity (Wildman–Crippen MR) is 105 cm³/mol. The van der Waals surface area contributed by atoms with Crippen LogP contribution in [-0.4, -0.2) is 21.5 Å². The third-order valence-corrected chi connectivity index (χ3v) is 5.81. The Morgan fingerprint density at radius 3 is 2.17 bits per heavy atom. The van der Waals surface area contributed by atoms with E-state index in [1.807, 2.05) is 25.1 Å². The Morgan fingerprint density at radius 2 is 1.65 bits per heavy atom. The lowest BCUT2D eigenvalue weighted by molar-refractivity contribution is 0.601. The minimum absolute atomic E-state index is 0.269. The molecule has 6 heteroatoms. The zero-order chi connectivity index (χ0) is 17.0. The van der Waals surface area contributed by atoms with Gasteiger partial charge in [-0.1, -0.05) is 0 Å². The average Bonchev–Trinajstić information content (AvgIpc) is 2.51. The Balaban J connectivity index is 2.27. The Kier molecular flexibility index (Phi) is 5.91. The summed E-state index contributed by atoms with van der Waals surface area (Å²) in [4.78, 5) is 2.50. The molecule has 0 aliphatic rings. The molecule has 0 saturated heterocycles. The van der Waals surface area contributed by atoms with Gasteiger partial charge in [-0.3, -0.25) is 4.72 Å². The van der Waals surface area contributed by atoms with E-state index in [0.717, 1.165) is 27.9 Å². The lowest BCUT2D eigenvalue weighted by Gasteiger charge is -2.22. The summed E-state index contributed by atoms with van der Waals surface area (Å²) < 4.78 is 28.6. The van der Waals surface area contributed by atoms with Crippen molar-refractivity contribution in [2.24, 2.45) is 0 Å². The number of halogens is 1. The smallest absolute Gasteiger partial charge is 0.261 e. The summed E-state index contributed by atoms with van der Waals surface area (Å²) in [5.74, 6) is 0. The molecule has 0 radical (unpaired) electrons. The van der Waals surface area contributed by atoms with E-state index in [4.69, 9.17) is 0 Å². The van der Waals surface area contributed by atoms with E-state index in [9.17, 15) is 8.42 Å². The van der Waals surface area contributed by atoms with Crippen molar-refractivity contribution in [3.63, 3.8) is 0 Å². The van der Waals surface area contributed by atoms with Gasteiger partial charge in [-0.2, -0.15) is 0 Å². The minimum atomic E-state index is -3.56. The number of benzene rings is 2. The van der Waals surface area contributed by atoms with Gasteiger partial charge in [0.2, 0.25) is 0 Å². The van der Waals surface area contributed by atoms with Gasteiger partial charge in [0.25, 0.3) is 10.0 Å². The Bertz CT molecular complexity index is 770. The van der Waals surface area contributed by atoms with Crippen molar-refractivity contribution in [2.45, 2.75) is 25.7 Å². The third kappa shape index (κ3) is 4.38. The highest BCUT2D eigenvalue weighted by molar-refractivity contribution is 14.1. The molecule has 2 rings (SSSR count). The molecule has 1 N–H and O–H groups in total. The van der Waals surface area contributed by atoms with Crippen LogP contribution in [0.5, 0.6) is 0 Å². The van der Waals surface area contributed by atoms with Crippen molar-refractivity contribution >= 4 is 44.0 Å². The summed E-state index contributed by atoms with van der Waals surface area (Å²) in [6, 6.07) is 12.6. The molecule has 0 amide bonds. The summed E-state index contributed by atoms with van der Waals surface area (Å²) in [5.41, 5.74) is 2.62. The van der Waals surface area contributed by atoms with Crippen LogP contribution < -0.4 is 9.62 Å². The van der Waals surface area contributed by atoms with Crippen molar-refractivity contribution in [3.8, 4) is 0 Å². The molecule has 0 aliphatic carbocycles. The summed E-state index contributed by atoms with van der Waals surface area (Å²) in [6.07, 6.45) is 0. The number of sulfonamides is 1. The van der Waals surface area contributed by atoms with Gasteiger partial charge >= 0.3 is 0 Å². The molecule has 124 valence electrons. The molecular weight excluding hydrogens is 423 g/mol. The number of hydrogen-bond acceptors (Lipinski definition) is 3. The van der Waals surface area contributed by atoms with Gasteiger partial charge in [0.15, 0.2) is 0 Å². The number of anilines is 2. The van der Waals surface area contributed by atoms with Crippen LogP contribution in [0.1, 0.15) is 19.4 Å². The quantitative estimate of drug-likeness (QED) is 0.678. The summed E-state index contributed by atoms with van der Waals surface area (Å²) >= 11 is 2.15. The molecule has 0 aromatic heterocycles. The van der Waals surface area contributed by atoms with Gasteiger partial charge in [-0.05, 0) is 91.4 Å². The molecule has 2 aromatic rings. The monoisotopic (exact) mass is 444 g/mol. The van der Waals surface area contributed by atoms with E-state index in [1.54, 1.807) is 24.3 Å². The maximum atomic E-state index is 12.5. The highest BCUT2D eigenvalue weighted by Crippen LogP contribution is 2.25. The summed E-state index contributed by atoms with van der Waals surface area (Å²) in [5, 5.41) is 0. The van der Waals surface area contributed by atoms with E-state index in [0.29, 0.717) is 5.69 Å². The Hall–Kier alpha value is -1.28. The molecule has 23 heavy (non-hydrogen) atoms. The normalized spacial score (nSPS) is 11.3. The molecular formula is C17H21IN2O2S. The number of aryl methyl sites for hydroxylation is 1. The maximum Gasteiger partial charge on any atom is 0.261 e. The molecule has 0 spiro atoms. The van der Waals surface area contributed by atoms with Crippen LogP contribution in [0.25, 0.3) is 0 Å². The van der Waals surface area contributed by atoms with Gasteiger partial charge in [0, 0.05) is 22.3 Å². The molecule has 0 aliphatic heterocycles. The topological polar surface area (TPSA) is 49.4 Å². The average molecular weight is 444 g/mol. The summed E-state index contributed by atoms with van der Waals surface area (Å²) in [7, 11) is -3.56. The van der Waals surface area contributed by atoms with Gasteiger partial charge in [0.05, 0.1) is 10.6 Å².